The fourth-order valence-corrected chi connectivity index (χ4v) is 6.26. The van der Waals surface area contributed by atoms with Gasteiger partial charge in [0.1, 0.15) is 29.9 Å². The van der Waals surface area contributed by atoms with Gasteiger partial charge in [-0.25, -0.2) is 9.59 Å². The maximum atomic E-state index is 13.6. The number of rotatable bonds is 28. The van der Waals surface area contributed by atoms with E-state index in [0.717, 1.165) is 23.8 Å². The lowest BCUT2D eigenvalue weighted by Gasteiger charge is -2.26. The van der Waals surface area contributed by atoms with Crippen LogP contribution < -0.4 is 31.4 Å². The first-order valence-electron chi connectivity index (χ1n) is 20.7. The molecule has 0 spiro atoms. The van der Waals surface area contributed by atoms with E-state index < -0.39 is 128 Å². The second-order valence-corrected chi connectivity index (χ2v) is 15.1. The summed E-state index contributed by atoms with van der Waals surface area (Å²) in [6.07, 6.45) is -3.09. The maximum Gasteiger partial charge on any atom is 0.363 e. The summed E-state index contributed by atoms with van der Waals surface area (Å²) in [5.41, 5.74) is 0.963. The van der Waals surface area contributed by atoms with Crippen LogP contribution in [0.15, 0.2) is 54.6 Å². The number of hydrogen-bond donors (Lipinski definition) is 12. The molecule has 4 atom stereocenters. The number of amides is 5. The SMILES string of the molecule is Cc1cc(CCC(=O)NCCCCC(NC(=O)C(CCC(=O)O)NC(=O)C(CCC(=O)O)NC(=O)C(CCC(=O)O)NC(=O)c2cccc(C(=O)On3c(O)ccc3O)c2)C(=O)O)ccc1O. The molecule has 67 heavy (non-hydrogen) atoms. The summed E-state index contributed by atoms with van der Waals surface area (Å²) in [5, 5.41) is 78.8. The quantitative estimate of drug-likeness (QED) is 0.0437. The molecule has 24 nitrogen and oxygen atoms in total. The number of aromatic hydroxyl groups is 3. The van der Waals surface area contributed by atoms with Crippen LogP contribution in [-0.2, 0) is 44.8 Å². The van der Waals surface area contributed by atoms with Gasteiger partial charge in [-0.15, -0.1) is 4.73 Å². The Hall–Kier alpha value is -8.18. The van der Waals surface area contributed by atoms with E-state index in [1.54, 1.807) is 19.1 Å². The van der Waals surface area contributed by atoms with Crippen LogP contribution in [0.2, 0.25) is 0 Å². The van der Waals surface area contributed by atoms with Gasteiger partial charge in [-0.1, -0.05) is 18.2 Å². The van der Waals surface area contributed by atoms with Gasteiger partial charge in [0.05, 0.1) is 5.56 Å². The number of aromatic nitrogens is 1. The van der Waals surface area contributed by atoms with Gasteiger partial charge in [-0.3, -0.25) is 38.4 Å². The molecule has 24 heteroatoms. The Morgan fingerprint density at radius 1 is 0.582 bits per heavy atom. The van der Waals surface area contributed by atoms with E-state index in [2.05, 4.69) is 26.6 Å². The summed E-state index contributed by atoms with van der Waals surface area (Å²) in [6, 6.07) is 4.88. The van der Waals surface area contributed by atoms with Crippen molar-refractivity contribution in [2.45, 2.75) is 102 Å². The number of carboxylic acid groups (broad SMARTS) is 4. The van der Waals surface area contributed by atoms with Crippen LogP contribution in [-0.4, -0.2) is 131 Å². The van der Waals surface area contributed by atoms with Crippen LogP contribution in [0.1, 0.15) is 96.1 Å². The molecule has 0 aliphatic heterocycles. The Morgan fingerprint density at radius 3 is 1.60 bits per heavy atom. The third kappa shape index (κ3) is 18.1. The number of carboxylic acids is 4. The average molecular weight is 941 g/mol. The monoisotopic (exact) mass is 940 g/mol. The zero-order valence-electron chi connectivity index (χ0n) is 36.1. The van der Waals surface area contributed by atoms with E-state index in [-0.39, 0.29) is 48.6 Å². The number of carbonyl (C=O) groups excluding carboxylic acids is 6. The van der Waals surface area contributed by atoms with Crippen LogP contribution in [0.3, 0.4) is 0 Å². The molecule has 5 amide bonds. The number of hydrogen-bond acceptors (Lipinski definition) is 14. The third-order valence-corrected chi connectivity index (χ3v) is 9.92. The van der Waals surface area contributed by atoms with Gasteiger partial charge in [-0.05, 0) is 87.3 Å². The molecular weight excluding hydrogens is 888 g/mol. The Morgan fingerprint density at radius 2 is 1.09 bits per heavy atom. The third-order valence-electron chi connectivity index (χ3n) is 9.92. The minimum Gasteiger partial charge on any atom is -0.508 e. The molecule has 0 aliphatic carbocycles. The molecule has 4 unspecified atom stereocenters. The number of benzene rings is 2. The predicted octanol–water partition coefficient (Wildman–Crippen LogP) is 0.333. The van der Waals surface area contributed by atoms with Gasteiger partial charge in [-0.2, -0.15) is 0 Å². The summed E-state index contributed by atoms with van der Waals surface area (Å²) in [6.45, 7) is 1.90. The molecule has 0 bridgehead atoms. The highest BCUT2D eigenvalue weighted by molar-refractivity contribution is 6.01. The van der Waals surface area contributed by atoms with Crippen molar-refractivity contribution in [2.24, 2.45) is 0 Å². The number of carbonyl (C=O) groups is 10. The minimum atomic E-state index is -1.80. The molecule has 1 heterocycles. The Labute approximate surface area is 381 Å². The van der Waals surface area contributed by atoms with Gasteiger partial charge in [0.15, 0.2) is 0 Å². The van der Waals surface area contributed by atoms with Gasteiger partial charge >= 0.3 is 29.8 Å². The van der Waals surface area contributed by atoms with Crippen LogP contribution >= 0.6 is 0 Å². The van der Waals surface area contributed by atoms with Gasteiger partial charge in [0.2, 0.25) is 35.4 Å². The first-order valence-corrected chi connectivity index (χ1v) is 20.7. The summed E-state index contributed by atoms with van der Waals surface area (Å²) in [4.78, 5) is 131. The summed E-state index contributed by atoms with van der Waals surface area (Å²) >= 11 is 0. The number of unbranched alkanes of at least 4 members (excludes halogenated alkanes) is 1. The van der Waals surface area contributed by atoms with Crippen molar-refractivity contribution in [2.75, 3.05) is 6.54 Å². The van der Waals surface area contributed by atoms with E-state index >= 15 is 0 Å². The topological polar surface area (TPSA) is 387 Å². The average Bonchev–Trinajstić information content (AvgIpc) is 3.59. The molecule has 0 aliphatic rings. The molecule has 0 saturated heterocycles. The number of nitrogens with zero attached hydrogens (tertiary/aromatic N) is 1. The van der Waals surface area contributed by atoms with Crippen molar-refractivity contribution in [3.05, 3.63) is 76.9 Å². The Balaban J connectivity index is 1.69. The van der Waals surface area contributed by atoms with Gasteiger partial charge in [0.25, 0.3) is 5.91 Å². The second kappa shape index (κ2) is 25.9. The lowest BCUT2D eigenvalue weighted by molar-refractivity contribution is -0.143. The zero-order valence-corrected chi connectivity index (χ0v) is 36.1. The van der Waals surface area contributed by atoms with Crippen molar-refractivity contribution in [1.82, 2.24) is 31.3 Å². The minimum absolute atomic E-state index is 0.132. The fourth-order valence-electron chi connectivity index (χ4n) is 6.26. The van der Waals surface area contributed by atoms with Gasteiger partial charge < -0.3 is 67.2 Å². The second-order valence-electron chi connectivity index (χ2n) is 15.1. The van der Waals surface area contributed by atoms with E-state index in [1.807, 2.05) is 0 Å². The standard InChI is InChI=1S/C43H52N6O18/c1-23-21-24(8-13-31(23)50)9-14-32(51)44-20-3-2-7-30(42(64)65)48-41(63)29(12-19-37(58)59)47-40(62)28(11-18-36(56)57)46-39(61)27(10-17-35(54)55)45-38(60)25-5-4-6-26(22-25)43(66)67-49-33(52)15-16-34(49)53/h4-6,8,13,15-16,21-22,27-30,50,52-53H,2-3,7,9-12,14,17-20H2,1H3,(H,44,51)(H,45,60)(H,46,61)(H,47,62)(H,48,63)(H,54,55)(H,56,57)(H,58,59)(H,64,65). The molecular formula is C43H52N6O18. The van der Waals surface area contributed by atoms with E-state index in [4.69, 9.17) is 4.84 Å². The van der Waals surface area contributed by atoms with E-state index in [0.29, 0.717) is 23.1 Å². The molecule has 0 fully saturated rings. The first kappa shape index (κ1) is 53.2. The van der Waals surface area contributed by atoms with Crippen molar-refractivity contribution in [1.29, 1.82) is 0 Å². The van der Waals surface area contributed by atoms with Crippen LogP contribution in [0.25, 0.3) is 0 Å². The highest BCUT2D eigenvalue weighted by Crippen LogP contribution is 2.20. The normalized spacial score (nSPS) is 12.6. The lowest BCUT2D eigenvalue weighted by Crippen LogP contribution is -2.58. The Kier molecular flexibility index (Phi) is 20.6. The highest BCUT2D eigenvalue weighted by atomic mass is 16.7. The van der Waals surface area contributed by atoms with Crippen LogP contribution in [0.4, 0.5) is 0 Å². The largest absolute Gasteiger partial charge is 0.508 e. The van der Waals surface area contributed by atoms with Crippen LogP contribution in [0.5, 0.6) is 17.5 Å². The molecule has 3 rings (SSSR count). The number of aryl methyl sites for hydroxylation is 2. The van der Waals surface area contributed by atoms with Crippen molar-refractivity contribution in [3.8, 4) is 17.5 Å². The van der Waals surface area contributed by atoms with E-state index in [9.17, 15) is 83.7 Å². The maximum absolute atomic E-state index is 13.6. The first-order chi connectivity index (χ1) is 31.6. The van der Waals surface area contributed by atoms with Crippen LogP contribution in [0, 0.1) is 6.92 Å². The van der Waals surface area contributed by atoms with Crippen molar-refractivity contribution < 1.29 is 88.5 Å². The van der Waals surface area contributed by atoms with Gasteiger partial charge in [0, 0.05) is 49.9 Å². The fraction of sp³-hybridized carbons (Fsp3) is 0.395. The highest BCUT2D eigenvalue weighted by Gasteiger charge is 2.32. The Bertz CT molecular complexity index is 2290. The number of phenolic OH excluding ortho intramolecular Hbond substituents is 1. The molecule has 0 saturated carbocycles. The number of aliphatic carboxylic acids is 4. The number of nitrogens with one attached hydrogen (secondary N) is 5. The van der Waals surface area contributed by atoms with Crippen molar-refractivity contribution >= 4 is 59.4 Å². The predicted molar refractivity (Wildman–Crippen MR) is 228 cm³/mol. The molecule has 0 radical (unpaired) electrons. The zero-order chi connectivity index (χ0) is 49.8. The smallest absolute Gasteiger partial charge is 0.363 e. The summed E-state index contributed by atoms with van der Waals surface area (Å²) < 4.78 is 0.393. The van der Waals surface area contributed by atoms with E-state index in [1.165, 1.54) is 24.3 Å². The lowest BCUT2D eigenvalue weighted by atomic mass is 10.0. The molecule has 2 aromatic carbocycles. The molecule has 362 valence electrons. The van der Waals surface area contributed by atoms with Crippen molar-refractivity contribution in [3.63, 3.8) is 0 Å². The molecule has 3 aromatic rings. The molecule has 1 aromatic heterocycles. The summed E-state index contributed by atoms with van der Waals surface area (Å²) in [5.74, 6) is -12.9. The molecule has 12 N–H and O–H groups in total. The number of phenols is 1. The summed E-state index contributed by atoms with van der Waals surface area (Å²) in [7, 11) is 0.